The Balaban J connectivity index is 1.54. The lowest BCUT2D eigenvalue weighted by atomic mass is 10.1. The van der Waals surface area contributed by atoms with Gasteiger partial charge in [0.05, 0.1) is 18.1 Å². The molecule has 0 bridgehead atoms. The summed E-state index contributed by atoms with van der Waals surface area (Å²) in [5, 5.41) is 0. The first-order chi connectivity index (χ1) is 14.1. The minimum atomic E-state index is -3.09. The summed E-state index contributed by atoms with van der Waals surface area (Å²) in [6.45, 7) is 3.03. The fourth-order valence-corrected chi connectivity index (χ4v) is 6.68. The van der Waals surface area contributed by atoms with E-state index >= 15 is 0 Å². The number of Topliss-reactive ketones (excluding diaryl/α,β-unsaturated/α-hetero) is 1. The predicted molar refractivity (Wildman–Crippen MR) is 107 cm³/mol. The standard InChI is InChI=1S/C20H25N3O6S/c1-12-9-16(13(2)22(12)15-7-8-30(28,29)11-15)17(24)10-21-18(25)19(26)23(20(21)27)14-5-3-4-6-14/h9,14-15H,3-8,10-11H2,1-2H3/t15-/m1/s1. The number of urea groups is 1. The number of aromatic nitrogens is 1. The van der Waals surface area contributed by atoms with E-state index in [0.717, 1.165) is 28.3 Å². The molecule has 1 aliphatic carbocycles. The van der Waals surface area contributed by atoms with Crippen LogP contribution in [-0.4, -0.2) is 70.5 Å². The maximum absolute atomic E-state index is 12.9. The molecule has 0 aromatic carbocycles. The van der Waals surface area contributed by atoms with Gasteiger partial charge in [-0.3, -0.25) is 19.3 Å². The third kappa shape index (κ3) is 3.36. The molecule has 3 heterocycles. The van der Waals surface area contributed by atoms with Crippen molar-refractivity contribution in [2.24, 2.45) is 0 Å². The Morgan fingerprint density at radius 3 is 2.30 bits per heavy atom. The van der Waals surface area contributed by atoms with Crippen LogP contribution in [0.2, 0.25) is 0 Å². The monoisotopic (exact) mass is 435 g/mol. The highest BCUT2D eigenvalue weighted by Crippen LogP contribution is 2.30. The number of carbonyl (C=O) groups is 4. The minimum Gasteiger partial charge on any atom is -0.344 e. The SMILES string of the molecule is Cc1cc(C(=O)CN2C(=O)C(=O)N(C3CCCC3)C2=O)c(C)n1[C@@H]1CCS(=O)(=O)C1. The fraction of sp³-hybridized carbons (Fsp3) is 0.600. The molecule has 1 aromatic rings. The van der Waals surface area contributed by atoms with Crippen molar-refractivity contribution in [2.75, 3.05) is 18.1 Å². The highest BCUT2D eigenvalue weighted by Gasteiger charge is 2.48. The van der Waals surface area contributed by atoms with Crippen LogP contribution < -0.4 is 0 Å². The average Bonchev–Trinajstić information content (AvgIpc) is 3.41. The van der Waals surface area contributed by atoms with Crippen LogP contribution in [0.1, 0.15) is 59.9 Å². The van der Waals surface area contributed by atoms with Crippen molar-refractivity contribution in [1.29, 1.82) is 0 Å². The molecular weight excluding hydrogens is 410 g/mol. The lowest BCUT2D eigenvalue weighted by Gasteiger charge is -2.20. The number of imide groups is 2. The van der Waals surface area contributed by atoms with Crippen molar-refractivity contribution in [3.63, 3.8) is 0 Å². The van der Waals surface area contributed by atoms with Gasteiger partial charge in [-0.15, -0.1) is 0 Å². The van der Waals surface area contributed by atoms with Crippen LogP contribution in [0.5, 0.6) is 0 Å². The summed E-state index contributed by atoms with van der Waals surface area (Å²) in [5.41, 5.74) is 1.70. The number of amides is 4. The van der Waals surface area contributed by atoms with Crippen LogP contribution >= 0.6 is 0 Å². The molecule has 0 spiro atoms. The Labute approximate surface area is 174 Å². The van der Waals surface area contributed by atoms with Crippen LogP contribution in [0.3, 0.4) is 0 Å². The fourth-order valence-electron chi connectivity index (χ4n) is 4.98. The van der Waals surface area contributed by atoms with Crippen molar-refractivity contribution in [2.45, 2.75) is 58.0 Å². The van der Waals surface area contributed by atoms with E-state index in [4.69, 9.17) is 0 Å². The molecule has 0 radical (unpaired) electrons. The molecule has 162 valence electrons. The van der Waals surface area contributed by atoms with Crippen LogP contribution in [-0.2, 0) is 19.4 Å². The molecule has 0 N–H and O–H groups in total. The zero-order valence-electron chi connectivity index (χ0n) is 17.1. The van der Waals surface area contributed by atoms with Crippen molar-refractivity contribution >= 4 is 33.5 Å². The Morgan fingerprint density at radius 2 is 1.70 bits per heavy atom. The Hall–Kier alpha value is -2.49. The van der Waals surface area contributed by atoms with E-state index in [-0.39, 0.29) is 23.6 Å². The van der Waals surface area contributed by atoms with Crippen molar-refractivity contribution in [3.05, 3.63) is 23.0 Å². The Morgan fingerprint density at radius 1 is 1.03 bits per heavy atom. The molecule has 2 saturated heterocycles. The van der Waals surface area contributed by atoms with E-state index < -0.39 is 40.0 Å². The summed E-state index contributed by atoms with van der Waals surface area (Å²) in [7, 11) is -3.09. The highest BCUT2D eigenvalue weighted by atomic mass is 32.2. The summed E-state index contributed by atoms with van der Waals surface area (Å²) < 4.78 is 25.6. The average molecular weight is 436 g/mol. The number of ketones is 1. The van der Waals surface area contributed by atoms with Crippen LogP contribution in [0.25, 0.3) is 0 Å². The van der Waals surface area contributed by atoms with E-state index in [1.54, 1.807) is 19.9 Å². The largest absolute Gasteiger partial charge is 0.344 e. The zero-order chi connectivity index (χ0) is 21.8. The molecule has 30 heavy (non-hydrogen) atoms. The van der Waals surface area contributed by atoms with Crippen LogP contribution in [0.4, 0.5) is 4.79 Å². The second-order valence-electron chi connectivity index (χ2n) is 8.42. The number of hydrogen-bond acceptors (Lipinski definition) is 6. The van der Waals surface area contributed by atoms with Crippen molar-refractivity contribution in [1.82, 2.24) is 14.4 Å². The van der Waals surface area contributed by atoms with Gasteiger partial charge in [-0.1, -0.05) is 12.8 Å². The summed E-state index contributed by atoms with van der Waals surface area (Å²) in [4.78, 5) is 52.1. The Bertz CT molecular complexity index is 1050. The van der Waals surface area contributed by atoms with Crippen molar-refractivity contribution in [3.8, 4) is 0 Å². The second kappa shape index (κ2) is 7.33. The molecule has 9 nitrogen and oxygen atoms in total. The van der Waals surface area contributed by atoms with Gasteiger partial charge >= 0.3 is 17.8 Å². The third-order valence-corrected chi connectivity index (χ3v) is 8.18. The molecular formula is C20H25N3O6S. The summed E-state index contributed by atoms with van der Waals surface area (Å²) in [5.74, 6) is -2.12. The van der Waals surface area contributed by atoms with E-state index in [0.29, 0.717) is 30.5 Å². The molecule has 0 unspecified atom stereocenters. The van der Waals surface area contributed by atoms with Gasteiger partial charge in [0.2, 0.25) is 0 Å². The molecule has 1 aromatic heterocycles. The summed E-state index contributed by atoms with van der Waals surface area (Å²) >= 11 is 0. The third-order valence-electron chi connectivity index (χ3n) is 6.43. The van der Waals surface area contributed by atoms with Gasteiger partial charge in [0, 0.05) is 29.0 Å². The van der Waals surface area contributed by atoms with E-state index in [1.165, 1.54) is 0 Å². The zero-order valence-corrected chi connectivity index (χ0v) is 17.9. The number of rotatable bonds is 5. The first-order valence-electron chi connectivity index (χ1n) is 10.2. The van der Waals surface area contributed by atoms with Gasteiger partial charge in [0.25, 0.3) is 0 Å². The quantitative estimate of drug-likeness (QED) is 0.392. The number of carbonyl (C=O) groups excluding carboxylic acids is 4. The number of hydrogen-bond donors (Lipinski definition) is 0. The highest BCUT2D eigenvalue weighted by molar-refractivity contribution is 7.91. The topological polar surface area (TPSA) is 114 Å². The smallest absolute Gasteiger partial charge is 0.334 e. The minimum absolute atomic E-state index is 0.0327. The summed E-state index contributed by atoms with van der Waals surface area (Å²) in [6.07, 6.45) is 3.64. The Kier molecular flexibility index (Phi) is 5.08. The second-order valence-corrected chi connectivity index (χ2v) is 10.7. The normalized spacial score (nSPS) is 24.5. The van der Waals surface area contributed by atoms with Crippen LogP contribution in [0, 0.1) is 13.8 Å². The molecule has 4 amide bonds. The lowest BCUT2D eigenvalue weighted by Crippen LogP contribution is -2.41. The summed E-state index contributed by atoms with van der Waals surface area (Å²) in [6, 6.07) is 0.430. The molecule has 3 aliphatic rings. The molecule has 1 atom stereocenters. The maximum Gasteiger partial charge on any atom is 0.334 e. The van der Waals surface area contributed by atoms with Gasteiger partial charge in [-0.2, -0.15) is 0 Å². The molecule has 10 heteroatoms. The molecule has 1 saturated carbocycles. The number of aryl methyl sites for hydroxylation is 1. The van der Waals surface area contributed by atoms with E-state index in [2.05, 4.69) is 0 Å². The van der Waals surface area contributed by atoms with Gasteiger partial charge in [0.15, 0.2) is 15.6 Å². The van der Waals surface area contributed by atoms with Gasteiger partial charge in [-0.25, -0.2) is 18.1 Å². The lowest BCUT2D eigenvalue weighted by molar-refractivity contribution is -0.143. The van der Waals surface area contributed by atoms with Gasteiger partial charge in [0.1, 0.15) is 0 Å². The first-order valence-corrected chi connectivity index (χ1v) is 12.0. The number of nitrogens with zero attached hydrogens (tertiary/aromatic N) is 3. The predicted octanol–water partition coefficient (Wildman–Crippen LogP) is 1.38. The van der Waals surface area contributed by atoms with E-state index in [1.807, 2.05) is 4.57 Å². The van der Waals surface area contributed by atoms with Crippen molar-refractivity contribution < 1.29 is 27.6 Å². The molecule has 2 aliphatic heterocycles. The van der Waals surface area contributed by atoms with Crippen LogP contribution in [0.15, 0.2) is 6.07 Å². The van der Waals surface area contributed by atoms with E-state index in [9.17, 15) is 27.6 Å². The molecule has 4 rings (SSSR count). The van der Waals surface area contributed by atoms with Gasteiger partial charge in [-0.05, 0) is 39.2 Å². The first kappa shape index (κ1) is 20.8. The van der Waals surface area contributed by atoms with Gasteiger partial charge < -0.3 is 4.57 Å². The number of sulfone groups is 1. The molecule has 3 fully saturated rings. The maximum atomic E-state index is 12.9.